The van der Waals surface area contributed by atoms with Crippen molar-refractivity contribution in [2.24, 2.45) is 0 Å². The molecule has 0 aromatic rings. The molecule has 6 nitrogen and oxygen atoms in total. The molecule has 0 heterocycles. The van der Waals surface area contributed by atoms with E-state index in [1.165, 1.54) is 21.3 Å². The van der Waals surface area contributed by atoms with Crippen molar-refractivity contribution >= 4 is 0 Å². The molecular weight excluding hydrogens is 692 g/mol. The summed E-state index contributed by atoms with van der Waals surface area (Å²) in [7, 11) is 6.92. The van der Waals surface area contributed by atoms with Crippen LogP contribution in [0.5, 0.6) is 0 Å². The lowest BCUT2D eigenvalue weighted by atomic mass is 10.7. The zero-order chi connectivity index (χ0) is 39.1. The topological polar surface area (TPSA) is 55.4 Å². The molecule has 0 spiro atoms. The lowest BCUT2D eigenvalue weighted by Gasteiger charge is -2.01. The summed E-state index contributed by atoms with van der Waals surface area (Å²) in [5.41, 5.74) is 0. The molecule has 0 aliphatic rings. The van der Waals surface area contributed by atoms with Crippen LogP contribution in [-0.4, -0.2) is 125 Å². The largest absolute Gasteiger partial charge is 0.411 e. The molecule has 0 saturated heterocycles. The highest BCUT2D eigenvalue weighted by Crippen LogP contribution is 2.13. The van der Waals surface area contributed by atoms with Gasteiger partial charge in [-0.1, -0.05) is 0 Å². The van der Waals surface area contributed by atoms with E-state index in [9.17, 15) is 88.1 Å². The van der Waals surface area contributed by atoms with Crippen molar-refractivity contribution < 1.29 is 117 Å². The maximum atomic E-state index is 10.9. The van der Waals surface area contributed by atoms with Gasteiger partial charge in [-0.15, -0.1) is 0 Å². The Morgan fingerprint density at radius 3 is 0.477 bits per heavy atom. The van der Waals surface area contributed by atoms with E-state index < -0.39 is 67.9 Å². The van der Waals surface area contributed by atoms with E-state index >= 15 is 0 Å². The Labute approximate surface area is 243 Å². The molecule has 0 aromatic heterocycles. The quantitative estimate of drug-likeness (QED) is 0.254. The molecule has 0 N–H and O–H groups in total. The summed E-state index contributed by atoms with van der Waals surface area (Å²) in [6.45, 7) is -11.1. The molecule has 290 valence electrons. The fourth-order valence-electron chi connectivity index (χ4n) is 0.164. The van der Waals surface area contributed by atoms with Crippen molar-refractivity contribution in [1.29, 1.82) is 0 Å². The van der Waals surface area contributed by atoms with Crippen LogP contribution in [0, 0.1) is 0 Å². The van der Waals surface area contributed by atoms with Gasteiger partial charge >= 0.3 is 6.18 Å². The van der Waals surface area contributed by atoms with Gasteiger partial charge in [-0.2, -0.15) is 23.1 Å². The van der Waals surface area contributed by atoms with Gasteiger partial charge in [0.2, 0.25) is 34.5 Å². The monoisotopic (exact) mass is 734 g/mol. The summed E-state index contributed by atoms with van der Waals surface area (Å²) in [6.07, 6.45) is -4.17. The average Bonchev–Trinajstić information content (AvgIpc) is 3.06. The zero-order valence-corrected chi connectivity index (χ0v) is 24.9. The van der Waals surface area contributed by atoms with E-state index in [0.717, 1.165) is 7.11 Å². The minimum absolute atomic E-state index is 0.500. The Bertz CT molecular complexity index is 200. The van der Waals surface area contributed by atoms with Crippen molar-refractivity contribution in [2.45, 2.75) is 6.18 Å². The first-order chi connectivity index (χ1) is 20.9. The van der Waals surface area contributed by atoms with Crippen LogP contribution in [0.15, 0.2) is 0 Å². The van der Waals surface area contributed by atoms with Gasteiger partial charge in [-0.3, -0.25) is 17.6 Å². The molecule has 0 saturated carbocycles. The number of hydrogen-bond donors (Lipinski definition) is 0. The maximum absolute atomic E-state index is 10.9. The lowest BCUT2D eigenvalue weighted by molar-refractivity contribution is -0.167. The maximum Gasteiger partial charge on any atom is 0.411 e. The molecule has 0 atom stereocenters. The average molecular weight is 734 g/mol. The van der Waals surface area contributed by atoms with Crippen LogP contribution in [-0.2, 0) is 28.8 Å². The van der Waals surface area contributed by atoms with Gasteiger partial charge in [0.25, 0.3) is 0 Å². The summed E-state index contributed by atoms with van der Waals surface area (Å²) >= 11 is 0. The number of rotatable bonds is 6. The van der Waals surface area contributed by atoms with Gasteiger partial charge in [0.05, 0.1) is 28.7 Å². The molecular formula is C18H42F20O6. The van der Waals surface area contributed by atoms with E-state index in [-0.39, 0.29) is 0 Å². The van der Waals surface area contributed by atoms with Crippen molar-refractivity contribution in [2.75, 3.05) is 119 Å². The molecule has 26 heteroatoms. The smallest absolute Gasteiger partial charge is 0.375 e. The second-order valence-corrected chi connectivity index (χ2v) is 2.98. The Balaban J connectivity index is -0.0000000219. The predicted molar refractivity (Wildman–Crippen MR) is 123 cm³/mol. The van der Waals surface area contributed by atoms with Crippen LogP contribution < -0.4 is 0 Å². The number of hydrogen-bond acceptors (Lipinski definition) is 6. The Kier molecular flexibility index (Phi) is 343. The molecule has 44 heavy (non-hydrogen) atoms. The second-order valence-electron chi connectivity index (χ2n) is 2.98. The van der Waals surface area contributed by atoms with Crippen LogP contribution in [0.25, 0.3) is 0 Å². The first-order valence-corrected chi connectivity index (χ1v) is 9.05. The molecule has 0 radical (unpaired) electrons. The highest BCUT2D eigenvalue weighted by Gasteiger charge is 2.26. The van der Waals surface area contributed by atoms with E-state index in [1.54, 1.807) is 0 Å². The minimum atomic E-state index is -4.17. The van der Waals surface area contributed by atoms with Crippen LogP contribution in [0.2, 0.25) is 0 Å². The van der Waals surface area contributed by atoms with Crippen molar-refractivity contribution in [3.63, 3.8) is 0 Å². The molecule has 0 unspecified atom stereocenters. The van der Waals surface area contributed by atoms with Crippen LogP contribution in [0.4, 0.5) is 88.1 Å². The lowest BCUT2D eigenvalue weighted by Crippen LogP contribution is -2.14. The molecule has 0 aliphatic heterocycles. The zero-order valence-electron chi connectivity index (χ0n) is 24.9. The van der Waals surface area contributed by atoms with E-state index in [1.807, 2.05) is 0 Å². The number of halogens is 20. The van der Waals surface area contributed by atoms with Crippen molar-refractivity contribution in [3.8, 4) is 0 Å². The van der Waals surface area contributed by atoms with Gasteiger partial charge in [-0.05, 0) is 9.05 Å². The highest BCUT2D eigenvalue weighted by atomic mass is 19.4. The summed E-state index contributed by atoms with van der Waals surface area (Å²) in [5, 5.41) is 0. The standard InChI is InChI=1S/C3H5F3O.3C2H5FO.2CH2F2O.3CH2F2.4CH3F/c1-7-2-3(4,5)6;3*1-4-2-3;2*2-1-4-3;3*2-1-3;4*1-2/h2H2,1H3;3*2H2,1H3;2*1H2;3*1H2;4*1H3. The number of ether oxygens (including phenoxy) is 4. The molecule has 0 bridgehead atoms. The Hall–Kier alpha value is -1.64. The SMILES string of the molecule is CF.CF.CF.CF.COCC(F)(F)F.COCF.COCF.COCF.FCF.FCF.FCF.FCOF.FCOF. The van der Waals surface area contributed by atoms with Gasteiger partial charge in [0, 0.05) is 28.4 Å². The first-order valence-electron chi connectivity index (χ1n) is 9.05. The summed E-state index contributed by atoms with van der Waals surface area (Å²) in [6, 6.07) is 0. The second kappa shape index (κ2) is 180. The van der Waals surface area contributed by atoms with Crippen LogP contribution in [0.1, 0.15) is 0 Å². The number of alkyl halides is 18. The summed E-state index contributed by atoms with van der Waals surface area (Å²) in [4.78, 5) is 4.75. The minimum Gasteiger partial charge on any atom is -0.375 e. The third kappa shape index (κ3) is 1150. The van der Waals surface area contributed by atoms with Gasteiger partial charge in [0.15, 0.2) is 20.6 Å². The molecule has 0 aliphatic carbocycles. The van der Waals surface area contributed by atoms with Crippen molar-refractivity contribution in [1.82, 2.24) is 0 Å². The Morgan fingerprint density at radius 1 is 0.364 bits per heavy atom. The normalized spacial score (nSPS) is 7.09. The first kappa shape index (κ1) is 84.1. The molecule has 0 aromatic carbocycles. The fraction of sp³-hybridized carbons (Fsp3) is 1.00. The third-order valence-corrected chi connectivity index (χ3v) is 0.718. The fourth-order valence-corrected chi connectivity index (χ4v) is 0.164. The van der Waals surface area contributed by atoms with Crippen LogP contribution >= 0.6 is 0 Å². The van der Waals surface area contributed by atoms with E-state index in [0.29, 0.717) is 28.7 Å². The van der Waals surface area contributed by atoms with Crippen molar-refractivity contribution in [3.05, 3.63) is 0 Å². The van der Waals surface area contributed by atoms with Gasteiger partial charge in [0.1, 0.15) is 6.61 Å². The van der Waals surface area contributed by atoms with E-state index in [2.05, 4.69) is 28.8 Å². The number of methoxy groups -OCH3 is 4. The van der Waals surface area contributed by atoms with Crippen LogP contribution in [0.3, 0.4) is 0 Å². The molecule has 0 amide bonds. The molecule has 0 rings (SSSR count). The summed E-state index contributed by atoms with van der Waals surface area (Å²) in [5.74, 6) is 0. The van der Waals surface area contributed by atoms with Gasteiger partial charge in [-0.25, -0.2) is 48.3 Å². The van der Waals surface area contributed by atoms with Gasteiger partial charge < -0.3 is 18.9 Å². The molecule has 0 fully saturated rings. The highest BCUT2D eigenvalue weighted by molar-refractivity contribution is 4.41. The summed E-state index contributed by atoms with van der Waals surface area (Å²) < 4.78 is 215. The third-order valence-electron chi connectivity index (χ3n) is 0.718. The Morgan fingerprint density at radius 2 is 0.477 bits per heavy atom. The van der Waals surface area contributed by atoms with E-state index in [4.69, 9.17) is 0 Å². The predicted octanol–water partition coefficient (Wildman–Crippen LogP) is 9.49.